The van der Waals surface area contributed by atoms with Gasteiger partial charge in [0.1, 0.15) is 11.6 Å². The number of nitriles is 1. The predicted molar refractivity (Wildman–Crippen MR) is 92.3 cm³/mol. The number of carbonyl (C=O) groups is 2. The topological polar surface area (TPSA) is 99.2 Å². The van der Waals surface area contributed by atoms with Gasteiger partial charge in [0.15, 0.2) is 0 Å². The smallest absolute Gasteiger partial charge is 0.267 e. The Kier molecular flexibility index (Phi) is 6.07. The normalized spacial score (nSPS) is 15.7. The van der Waals surface area contributed by atoms with Gasteiger partial charge in [-0.2, -0.15) is 5.26 Å². The molecule has 126 valence electrons. The molecule has 1 fully saturated rings. The molecule has 1 heterocycles. The molecule has 6 nitrogen and oxygen atoms in total. The summed E-state index contributed by atoms with van der Waals surface area (Å²) in [6.07, 6.45) is 2.71. The molecule has 1 aliphatic rings. The van der Waals surface area contributed by atoms with Crippen LogP contribution in [0.5, 0.6) is 0 Å². The third-order valence-corrected chi connectivity index (χ3v) is 4.34. The maximum atomic E-state index is 12.2. The van der Waals surface area contributed by atoms with Crippen molar-refractivity contribution in [1.82, 2.24) is 4.90 Å². The number of nitrogens with zero attached hydrogens (tertiary/aromatic N) is 2. The fraction of sp³-hybridized carbons (Fsp3) is 0.312. The lowest BCUT2D eigenvalue weighted by Gasteiger charge is -2.29. The number of nitrogens with one attached hydrogen (secondary N) is 1. The molecule has 0 saturated carbocycles. The first kappa shape index (κ1) is 18.1. The standard InChI is InChI=1S/C16H16Cl2N4O2/c17-12-1-2-14(13(18)7-12)21-16(24)11(8-19)9-22-5-3-10(4-6-22)15(20)23/h1-2,7,9-10H,3-6H2,(H2,20,23)(H,21,24)/b11-9-. The van der Waals surface area contributed by atoms with Gasteiger partial charge in [-0.3, -0.25) is 9.59 Å². The number of likely N-dealkylation sites (tertiary alicyclic amines) is 1. The van der Waals surface area contributed by atoms with Crippen molar-refractivity contribution in [2.75, 3.05) is 18.4 Å². The Bertz CT molecular complexity index is 719. The van der Waals surface area contributed by atoms with E-state index in [0.717, 1.165) is 0 Å². The number of rotatable bonds is 4. The zero-order valence-corrected chi connectivity index (χ0v) is 14.3. The second-order valence-corrected chi connectivity index (χ2v) is 6.29. The molecule has 1 saturated heterocycles. The van der Waals surface area contributed by atoms with Crippen molar-refractivity contribution in [3.63, 3.8) is 0 Å². The maximum absolute atomic E-state index is 12.2. The first-order valence-corrected chi connectivity index (χ1v) is 8.08. The molecular formula is C16H16Cl2N4O2. The van der Waals surface area contributed by atoms with E-state index in [1.165, 1.54) is 12.3 Å². The van der Waals surface area contributed by atoms with Gasteiger partial charge in [0.05, 0.1) is 10.7 Å². The number of piperidine rings is 1. The molecule has 1 aromatic carbocycles. The van der Waals surface area contributed by atoms with Crippen molar-refractivity contribution in [3.8, 4) is 6.07 Å². The number of primary amides is 1. The Morgan fingerprint density at radius 2 is 2.00 bits per heavy atom. The van der Waals surface area contributed by atoms with Crippen molar-refractivity contribution in [1.29, 1.82) is 5.26 Å². The Balaban J connectivity index is 2.04. The largest absolute Gasteiger partial charge is 0.376 e. The zero-order chi connectivity index (χ0) is 17.7. The van der Waals surface area contributed by atoms with Crippen LogP contribution in [0.15, 0.2) is 30.0 Å². The number of hydrogen-bond donors (Lipinski definition) is 2. The molecule has 0 bridgehead atoms. The van der Waals surface area contributed by atoms with Gasteiger partial charge in [-0.25, -0.2) is 0 Å². The van der Waals surface area contributed by atoms with Gasteiger partial charge in [-0.1, -0.05) is 23.2 Å². The van der Waals surface area contributed by atoms with Crippen LogP contribution in [-0.4, -0.2) is 29.8 Å². The highest BCUT2D eigenvalue weighted by atomic mass is 35.5. The van der Waals surface area contributed by atoms with Crippen LogP contribution in [0.3, 0.4) is 0 Å². The van der Waals surface area contributed by atoms with E-state index in [1.807, 2.05) is 11.0 Å². The summed E-state index contributed by atoms with van der Waals surface area (Å²) in [5.74, 6) is -1.02. The highest BCUT2D eigenvalue weighted by Crippen LogP contribution is 2.26. The summed E-state index contributed by atoms with van der Waals surface area (Å²) < 4.78 is 0. The van der Waals surface area contributed by atoms with E-state index < -0.39 is 5.91 Å². The van der Waals surface area contributed by atoms with E-state index in [4.69, 9.17) is 28.9 Å². The summed E-state index contributed by atoms with van der Waals surface area (Å²) in [6, 6.07) is 6.54. The van der Waals surface area contributed by atoms with Crippen LogP contribution in [0, 0.1) is 17.2 Å². The number of hydrogen-bond acceptors (Lipinski definition) is 4. The average Bonchev–Trinajstić information content (AvgIpc) is 2.55. The number of benzene rings is 1. The summed E-state index contributed by atoms with van der Waals surface area (Å²) in [6.45, 7) is 1.13. The van der Waals surface area contributed by atoms with Crippen molar-refractivity contribution in [2.24, 2.45) is 11.7 Å². The fourth-order valence-corrected chi connectivity index (χ4v) is 2.87. The molecule has 24 heavy (non-hydrogen) atoms. The van der Waals surface area contributed by atoms with E-state index in [2.05, 4.69) is 5.32 Å². The number of carbonyl (C=O) groups excluding carboxylic acids is 2. The van der Waals surface area contributed by atoms with Crippen molar-refractivity contribution < 1.29 is 9.59 Å². The molecule has 3 N–H and O–H groups in total. The molecule has 0 atom stereocenters. The van der Waals surface area contributed by atoms with Gasteiger partial charge in [-0.05, 0) is 31.0 Å². The molecule has 8 heteroatoms. The molecule has 2 amide bonds. The number of anilines is 1. The Morgan fingerprint density at radius 3 is 2.54 bits per heavy atom. The first-order valence-electron chi connectivity index (χ1n) is 7.32. The second kappa shape index (κ2) is 8.04. The number of nitrogens with two attached hydrogens (primary N) is 1. The molecule has 1 aromatic rings. The van der Waals surface area contributed by atoms with E-state index in [9.17, 15) is 14.9 Å². The van der Waals surface area contributed by atoms with Gasteiger partial charge in [0, 0.05) is 30.2 Å². The highest BCUT2D eigenvalue weighted by molar-refractivity contribution is 6.36. The minimum absolute atomic E-state index is 0.0430. The molecule has 0 aromatic heterocycles. The number of halogens is 2. The second-order valence-electron chi connectivity index (χ2n) is 5.45. The van der Waals surface area contributed by atoms with Crippen LogP contribution in [-0.2, 0) is 9.59 Å². The van der Waals surface area contributed by atoms with Crippen LogP contribution in [0.2, 0.25) is 10.0 Å². The monoisotopic (exact) mass is 366 g/mol. The van der Waals surface area contributed by atoms with Crippen molar-refractivity contribution >= 4 is 40.7 Å². The van der Waals surface area contributed by atoms with Crippen LogP contribution < -0.4 is 11.1 Å². The summed E-state index contributed by atoms with van der Waals surface area (Å²) in [7, 11) is 0. The molecule has 0 spiro atoms. The van der Waals surface area contributed by atoms with E-state index in [1.54, 1.807) is 12.1 Å². The van der Waals surface area contributed by atoms with Gasteiger partial charge in [0.25, 0.3) is 5.91 Å². The van der Waals surface area contributed by atoms with Gasteiger partial charge in [-0.15, -0.1) is 0 Å². The number of amides is 2. The summed E-state index contributed by atoms with van der Waals surface area (Å²) in [5, 5.41) is 12.5. The fourth-order valence-electron chi connectivity index (χ4n) is 2.41. The van der Waals surface area contributed by atoms with Crippen LogP contribution in [0.1, 0.15) is 12.8 Å². The minimum atomic E-state index is -0.557. The van der Waals surface area contributed by atoms with Gasteiger partial charge < -0.3 is 16.0 Å². The Morgan fingerprint density at radius 1 is 1.33 bits per heavy atom. The SMILES string of the molecule is N#C/C(=C/N1CCC(C(N)=O)CC1)C(=O)Nc1ccc(Cl)cc1Cl. The zero-order valence-electron chi connectivity index (χ0n) is 12.8. The third kappa shape index (κ3) is 4.63. The lowest BCUT2D eigenvalue weighted by molar-refractivity contribution is -0.123. The van der Waals surface area contributed by atoms with Crippen LogP contribution >= 0.6 is 23.2 Å². The molecular weight excluding hydrogens is 351 g/mol. The molecule has 0 unspecified atom stereocenters. The quantitative estimate of drug-likeness (QED) is 0.631. The summed E-state index contributed by atoms with van der Waals surface area (Å²) in [4.78, 5) is 25.2. The van der Waals surface area contributed by atoms with Gasteiger partial charge in [0.2, 0.25) is 5.91 Å². The first-order chi connectivity index (χ1) is 11.4. The van der Waals surface area contributed by atoms with Crippen molar-refractivity contribution in [2.45, 2.75) is 12.8 Å². The molecule has 1 aliphatic heterocycles. The van der Waals surface area contributed by atoms with E-state index in [-0.39, 0.29) is 22.4 Å². The molecule has 0 aliphatic carbocycles. The molecule has 0 radical (unpaired) electrons. The van der Waals surface area contributed by atoms with Crippen LogP contribution in [0.4, 0.5) is 5.69 Å². The third-order valence-electron chi connectivity index (χ3n) is 3.79. The molecule has 2 rings (SSSR count). The average molecular weight is 367 g/mol. The lowest BCUT2D eigenvalue weighted by atomic mass is 9.96. The Hall–Kier alpha value is -2.23. The summed E-state index contributed by atoms with van der Waals surface area (Å²) >= 11 is 11.8. The Labute approximate surface area is 149 Å². The van der Waals surface area contributed by atoms with Crippen molar-refractivity contribution in [3.05, 3.63) is 40.0 Å². The predicted octanol–water partition coefficient (Wildman–Crippen LogP) is 2.54. The van der Waals surface area contributed by atoms with E-state index in [0.29, 0.717) is 36.6 Å². The minimum Gasteiger partial charge on any atom is -0.376 e. The lowest BCUT2D eigenvalue weighted by Crippen LogP contribution is -2.36. The van der Waals surface area contributed by atoms with E-state index >= 15 is 0 Å². The summed E-state index contributed by atoms with van der Waals surface area (Å²) in [5.41, 5.74) is 5.62. The van der Waals surface area contributed by atoms with Gasteiger partial charge >= 0.3 is 0 Å². The highest BCUT2D eigenvalue weighted by Gasteiger charge is 2.22. The van der Waals surface area contributed by atoms with Crippen LogP contribution in [0.25, 0.3) is 0 Å². The maximum Gasteiger partial charge on any atom is 0.267 e.